The van der Waals surface area contributed by atoms with Crippen molar-refractivity contribution in [2.45, 2.75) is 33.2 Å². The van der Waals surface area contributed by atoms with Crippen molar-refractivity contribution in [3.63, 3.8) is 0 Å². The van der Waals surface area contributed by atoms with E-state index in [2.05, 4.69) is 55.5 Å². The molecule has 4 heteroatoms. The standard InChI is InChI=1S/C17H23N3O/c1-5-13-6-8-14(9-7-13)16(12(2)3)19-17(21)15-10-18-20(4)11-15/h6-12,16H,5H2,1-4H3,(H,19,21). The van der Waals surface area contributed by atoms with Crippen LogP contribution in [0.25, 0.3) is 0 Å². The highest BCUT2D eigenvalue weighted by molar-refractivity contribution is 5.93. The number of aryl methyl sites for hydroxylation is 2. The highest BCUT2D eigenvalue weighted by Crippen LogP contribution is 2.22. The Hall–Kier alpha value is -2.10. The number of nitrogens with one attached hydrogen (secondary N) is 1. The summed E-state index contributed by atoms with van der Waals surface area (Å²) in [6.07, 6.45) is 4.34. The average molecular weight is 285 g/mol. The first-order valence-corrected chi connectivity index (χ1v) is 7.39. The fourth-order valence-corrected chi connectivity index (χ4v) is 2.36. The topological polar surface area (TPSA) is 46.9 Å². The predicted octanol–water partition coefficient (Wildman–Crippen LogP) is 3.11. The fraction of sp³-hybridized carbons (Fsp3) is 0.412. The van der Waals surface area contributed by atoms with E-state index in [9.17, 15) is 4.79 Å². The molecule has 1 heterocycles. The Kier molecular flexibility index (Phi) is 4.78. The van der Waals surface area contributed by atoms with E-state index in [1.165, 1.54) is 5.56 Å². The van der Waals surface area contributed by atoms with Crippen LogP contribution in [-0.4, -0.2) is 15.7 Å². The molecule has 1 atom stereocenters. The van der Waals surface area contributed by atoms with Gasteiger partial charge in [0.25, 0.3) is 5.91 Å². The summed E-state index contributed by atoms with van der Waals surface area (Å²) < 4.78 is 1.63. The van der Waals surface area contributed by atoms with Gasteiger partial charge in [0.05, 0.1) is 17.8 Å². The lowest BCUT2D eigenvalue weighted by Crippen LogP contribution is -2.31. The van der Waals surface area contributed by atoms with Gasteiger partial charge in [-0.05, 0) is 23.5 Å². The van der Waals surface area contributed by atoms with Crippen LogP contribution >= 0.6 is 0 Å². The van der Waals surface area contributed by atoms with Gasteiger partial charge in [0.2, 0.25) is 0 Å². The Labute approximate surface area is 126 Å². The second kappa shape index (κ2) is 6.57. The first-order valence-electron chi connectivity index (χ1n) is 7.39. The quantitative estimate of drug-likeness (QED) is 0.917. The second-order valence-electron chi connectivity index (χ2n) is 5.69. The van der Waals surface area contributed by atoms with Crippen molar-refractivity contribution < 1.29 is 4.79 Å². The first kappa shape index (κ1) is 15.3. The minimum Gasteiger partial charge on any atom is -0.345 e. The Morgan fingerprint density at radius 1 is 1.29 bits per heavy atom. The van der Waals surface area contributed by atoms with Crippen LogP contribution in [0.3, 0.4) is 0 Å². The Balaban J connectivity index is 2.16. The van der Waals surface area contributed by atoms with Crippen molar-refractivity contribution >= 4 is 5.91 Å². The molecule has 0 saturated heterocycles. The van der Waals surface area contributed by atoms with Gasteiger partial charge in [-0.3, -0.25) is 9.48 Å². The third-order valence-corrected chi connectivity index (χ3v) is 3.67. The molecule has 0 aliphatic heterocycles. The zero-order valence-electron chi connectivity index (χ0n) is 13.1. The van der Waals surface area contributed by atoms with Crippen LogP contribution in [0.4, 0.5) is 0 Å². The van der Waals surface area contributed by atoms with E-state index >= 15 is 0 Å². The number of hydrogen-bond acceptors (Lipinski definition) is 2. The molecule has 0 saturated carbocycles. The molecule has 4 nitrogen and oxygen atoms in total. The summed E-state index contributed by atoms with van der Waals surface area (Å²) in [5.74, 6) is 0.236. The minimum absolute atomic E-state index is 0.00334. The smallest absolute Gasteiger partial charge is 0.254 e. The Morgan fingerprint density at radius 2 is 1.95 bits per heavy atom. The van der Waals surface area contributed by atoms with Crippen LogP contribution in [0, 0.1) is 5.92 Å². The maximum Gasteiger partial charge on any atom is 0.254 e. The van der Waals surface area contributed by atoms with Crippen molar-refractivity contribution in [2.75, 3.05) is 0 Å². The number of aromatic nitrogens is 2. The molecular formula is C17H23N3O. The van der Waals surface area contributed by atoms with E-state index in [1.807, 2.05) is 0 Å². The molecular weight excluding hydrogens is 262 g/mol. The lowest BCUT2D eigenvalue weighted by Gasteiger charge is -2.23. The van der Waals surface area contributed by atoms with Gasteiger partial charge in [0, 0.05) is 13.2 Å². The fourth-order valence-electron chi connectivity index (χ4n) is 2.36. The third kappa shape index (κ3) is 3.72. The summed E-state index contributed by atoms with van der Waals surface area (Å²) in [6.45, 7) is 6.36. The SMILES string of the molecule is CCc1ccc(C(NC(=O)c2cnn(C)c2)C(C)C)cc1. The Bertz CT molecular complexity index is 599. The maximum atomic E-state index is 12.3. The van der Waals surface area contributed by atoms with Gasteiger partial charge in [-0.15, -0.1) is 0 Å². The number of benzene rings is 1. The van der Waals surface area contributed by atoms with Crippen molar-refractivity contribution in [1.29, 1.82) is 0 Å². The van der Waals surface area contributed by atoms with Gasteiger partial charge in [0.15, 0.2) is 0 Å². The first-order chi connectivity index (χ1) is 10.0. The molecule has 1 amide bonds. The molecule has 2 aromatic rings. The third-order valence-electron chi connectivity index (χ3n) is 3.67. The van der Waals surface area contributed by atoms with Crippen LogP contribution in [-0.2, 0) is 13.5 Å². The van der Waals surface area contributed by atoms with Gasteiger partial charge in [0.1, 0.15) is 0 Å². The van der Waals surface area contributed by atoms with E-state index in [0.29, 0.717) is 11.5 Å². The number of nitrogens with zero attached hydrogens (tertiary/aromatic N) is 2. The van der Waals surface area contributed by atoms with E-state index in [1.54, 1.807) is 24.1 Å². The highest BCUT2D eigenvalue weighted by Gasteiger charge is 2.19. The zero-order chi connectivity index (χ0) is 15.4. The van der Waals surface area contributed by atoms with Crippen LogP contribution in [0.1, 0.15) is 48.3 Å². The van der Waals surface area contributed by atoms with Crippen LogP contribution < -0.4 is 5.32 Å². The number of amides is 1. The lowest BCUT2D eigenvalue weighted by molar-refractivity contribution is 0.0925. The molecule has 0 aliphatic rings. The number of rotatable bonds is 5. The molecule has 0 aliphatic carbocycles. The highest BCUT2D eigenvalue weighted by atomic mass is 16.1. The van der Waals surface area contributed by atoms with Crippen LogP contribution in [0.2, 0.25) is 0 Å². The van der Waals surface area contributed by atoms with Crippen molar-refractivity contribution in [3.05, 3.63) is 53.3 Å². The van der Waals surface area contributed by atoms with Crippen molar-refractivity contribution in [2.24, 2.45) is 13.0 Å². The summed E-state index contributed by atoms with van der Waals surface area (Å²) in [4.78, 5) is 12.3. The summed E-state index contributed by atoms with van der Waals surface area (Å²) in [5.41, 5.74) is 3.03. The summed E-state index contributed by atoms with van der Waals surface area (Å²) >= 11 is 0. The molecule has 0 bridgehead atoms. The molecule has 1 N–H and O–H groups in total. The van der Waals surface area contributed by atoms with Gasteiger partial charge in [-0.1, -0.05) is 45.0 Å². The summed E-state index contributed by atoms with van der Waals surface area (Å²) in [5, 5.41) is 7.15. The molecule has 21 heavy (non-hydrogen) atoms. The largest absolute Gasteiger partial charge is 0.345 e. The van der Waals surface area contributed by atoms with Crippen molar-refractivity contribution in [1.82, 2.24) is 15.1 Å². The van der Waals surface area contributed by atoms with Gasteiger partial charge >= 0.3 is 0 Å². The van der Waals surface area contributed by atoms with E-state index in [0.717, 1.165) is 12.0 Å². The van der Waals surface area contributed by atoms with Crippen LogP contribution in [0.15, 0.2) is 36.7 Å². The molecule has 0 fully saturated rings. The Morgan fingerprint density at radius 3 is 2.43 bits per heavy atom. The van der Waals surface area contributed by atoms with Crippen molar-refractivity contribution in [3.8, 4) is 0 Å². The van der Waals surface area contributed by atoms with Gasteiger partial charge in [-0.25, -0.2) is 0 Å². The maximum absolute atomic E-state index is 12.3. The predicted molar refractivity (Wildman–Crippen MR) is 84.1 cm³/mol. The molecule has 0 radical (unpaired) electrons. The molecule has 1 aromatic heterocycles. The number of carbonyl (C=O) groups is 1. The average Bonchev–Trinajstić information content (AvgIpc) is 2.91. The van der Waals surface area contributed by atoms with E-state index in [4.69, 9.17) is 0 Å². The number of hydrogen-bond donors (Lipinski definition) is 1. The zero-order valence-corrected chi connectivity index (χ0v) is 13.1. The monoisotopic (exact) mass is 285 g/mol. The minimum atomic E-state index is -0.0821. The normalized spacial score (nSPS) is 12.4. The van der Waals surface area contributed by atoms with E-state index < -0.39 is 0 Å². The molecule has 112 valence electrons. The van der Waals surface area contributed by atoms with Gasteiger partial charge < -0.3 is 5.32 Å². The van der Waals surface area contributed by atoms with Gasteiger partial charge in [-0.2, -0.15) is 5.10 Å². The summed E-state index contributed by atoms with van der Waals surface area (Å²) in [6, 6.07) is 8.46. The molecule has 1 unspecified atom stereocenters. The van der Waals surface area contributed by atoms with Crippen LogP contribution in [0.5, 0.6) is 0 Å². The molecule has 2 rings (SSSR count). The molecule has 1 aromatic carbocycles. The number of carbonyl (C=O) groups excluding carboxylic acids is 1. The van der Waals surface area contributed by atoms with E-state index in [-0.39, 0.29) is 11.9 Å². The molecule has 0 spiro atoms. The second-order valence-corrected chi connectivity index (χ2v) is 5.69. The summed E-state index contributed by atoms with van der Waals surface area (Å²) in [7, 11) is 1.81. The lowest BCUT2D eigenvalue weighted by atomic mass is 9.94.